The molecule has 0 saturated carbocycles. The minimum Gasteiger partial charge on any atom is -0.391 e. The largest absolute Gasteiger partial charge is 0.391 e. The van der Waals surface area contributed by atoms with Crippen molar-refractivity contribution in [3.8, 4) is 11.3 Å². The summed E-state index contributed by atoms with van der Waals surface area (Å²) in [5.41, 5.74) is 7.28. The van der Waals surface area contributed by atoms with E-state index < -0.39 is 0 Å². The Kier molecular flexibility index (Phi) is 5.47. The van der Waals surface area contributed by atoms with Crippen LogP contribution in [0.3, 0.4) is 0 Å². The predicted molar refractivity (Wildman–Crippen MR) is 94.8 cm³/mol. The second-order valence-corrected chi connectivity index (χ2v) is 6.10. The maximum atomic E-state index is 13.6. The quantitative estimate of drug-likeness (QED) is 0.616. The summed E-state index contributed by atoms with van der Waals surface area (Å²) in [7, 11) is 0. The molecule has 0 spiro atoms. The van der Waals surface area contributed by atoms with Crippen LogP contribution in [-0.2, 0) is 4.74 Å². The molecule has 1 unspecified atom stereocenters. The molecule has 0 aliphatic carbocycles. The number of nitrogen functional groups attached to an aromatic ring is 1. The van der Waals surface area contributed by atoms with E-state index in [0.29, 0.717) is 22.9 Å². The highest BCUT2D eigenvalue weighted by Crippen LogP contribution is 2.32. The number of aliphatic hydroxyl groups is 1. The van der Waals surface area contributed by atoms with Gasteiger partial charge in [-0.3, -0.25) is 0 Å². The molecular formula is C17H18ClFN4O2. The molecule has 6 nitrogen and oxygen atoms in total. The lowest BCUT2D eigenvalue weighted by molar-refractivity contribution is -0.00535. The molecular weight excluding hydrogens is 347 g/mol. The highest BCUT2D eigenvalue weighted by molar-refractivity contribution is 6.33. The summed E-state index contributed by atoms with van der Waals surface area (Å²) < 4.78 is 18.5. The molecule has 1 aliphatic heterocycles. The lowest BCUT2D eigenvalue weighted by Gasteiger charge is -2.15. The van der Waals surface area contributed by atoms with E-state index in [-0.39, 0.29) is 17.9 Å². The van der Waals surface area contributed by atoms with Gasteiger partial charge in [-0.2, -0.15) is 0 Å². The number of benzene rings is 1. The number of aromatic nitrogens is 3. The third-order valence-electron chi connectivity index (χ3n) is 3.78. The Morgan fingerprint density at radius 3 is 2.92 bits per heavy atom. The van der Waals surface area contributed by atoms with Gasteiger partial charge in [0.1, 0.15) is 5.82 Å². The Bertz CT molecular complexity index is 865. The molecule has 4 N–H and O–H groups in total. The average Bonchev–Trinajstić information content (AvgIpc) is 3.06. The van der Waals surface area contributed by atoms with Gasteiger partial charge in [0, 0.05) is 23.8 Å². The van der Waals surface area contributed by atoms with Crippen LogP contribution in [0.15, 0.2) is 30.6 Å². The van der Waals surface area contributed by atoms with E-state index in [2.05, 4.69) is 15.0 Å². The zero-order valence-electron chi connectivity index (χ0n) is 13.4. The number of nitrogens with two attached hydrogens (primary N) is 1. The minimum atomic E-state index is -0.356. The standard InChI is InChI=1S/C12H8ClFN4.C5H10O2/c13-9-5-17-12(15)18-11(9)8-4-7(14)3-6-1-2-16-10(6)8;6-5-2-1-3-7-4-5/h1-5,16H,(H2,15,17,18);5-6H,1-4H2. The van der Waals surface area contributed by atoms with Crippen LogP contribution < -0.4 is 5.73 Å². The highest BCUT2D eigenvalue weighted by atomic mass is 35.5. The van der Waals surface area contributed by atoms with Gasteiger partial charge in [0.05, 0.1) is 35.1 Å². The second-order valence-electron chi connectivity index (χ2n) is 5.69. The van der Waals surface area contributed by atoms with Gasteiger partial charge in [-0.1, -0.05) is 11.6 Å². The zero-order valence-corrected chi connectivity index (χ0v) is 14.1. The molecule has 3 aromatic rings. The van der Waals surface area contributed by atoms with Crippen molar-refractivity contribution in [3.63, 3.8) is 0 Å². The van der Waals surface area contributed by atoms with Crippen LogP contribution in [0.25, 0.3) is 22.2 Å². The molecule has 1 fully saturated rings. The molecule has 1 saturated heterocycles. The first-order valence-corrected chi connectivity index (χ1v) is 8.23. The maximum Gasteiger partial charge on any atom is 0.220 e. The van der Waals surface area contributed by atoms with Gasteiger partial charge < -0.3 is 20.6 Å². The van der Waals surface area contributed by atoms with E-state index >= 15 is 0 Å². The monoisotopic (exact) mass is 364 g/mol. The summed E-state index contributed by atoms with van der Waals surface area (Å²) in [5, 5.41) is 9.86. The van der Waals surface area contributed by atoms with Crippen LogP contribution in [0.4, 0.5) is 10.3 Å². The molecule has 4 rings (SSSR count). The fourth-order valence-corrected chi connectivity index (χ4v) is 2.81. The highest BCUT2D eigenvalue weighted by Gasteiger charge is 2.13. The SMILES string of the molecule is Nc1ncc(Cl)c(-c2cc(F)cc3cc[nH]c23)n1.OC1CCCOC1. The van der Waals surface area contributed by atoms with Crippen LogP contribution in [0.2, 0.25) is 5.02 Å². The van der Waals surface area contributed by atoms with Gasteiger partial charge in [-0.05, 0) is 31.0 Å². The number of nitrogens with one attached hydrogen (secondary N) is 1. The number of rotatable bonds is 1. The van der Waals surface area contributed by atoms with Gasteiger partial charge in [0.15, 0.2) is 0 Å². The molecule has 3 heterocycles. The zero-order chi connectivity index (χ0) is 17.8. The fourth-order valence-electron chi connectivity index (χ4n) is 2.62. The minimum absolute atomic E-state index is 0.0957. The molecule has 8 heteroatoms. The van der Waals surface area contributed by atoms with Gasteiger partial charge in [-0.15, -0.1) is 0 Å². The number of aromatic amines is 1. The van der Waals surface area contributed by atoms with Gasteiger partial charge in [-0.25, -0.2) is 14.4 Å². The number of anilines is 1. The van der Waals surface area contributed by atoms with Crippen molar-refractivity contribution in [2.24, 2.45) is 0 Å². The first kappa shape index (κ1) is 17.6. The molecule has 132 valence electrons. The summed E-state index contributed by atoms with van der Waals surface area (Å²) in [4.78, 5) is 10.9. The lowest BCUT2D eigenvalue weighted by Crippen LogP contribution is -2.21. The van der Waals surface area contributed by atoms with Crippen LogP contribution in [0.1, 0.15) is 12.8 Å². The van der Waals surface area contributed by atoms with Crippen molar-refractivity contribution in [2.45, 2.75) is 18.9 Å². The first-order valence-electron chi connectivity index (χ1n) is 7.85. The number of ether oxygens (including phenoxy) is 1. The van der Waals surface area contributed by atoms with E-state index in [1.165, 1.54) is 18.3 Å². The molecule has 0 bridgehead atoms. The van der Waals surface area contributed by atoms with E-state index in [1.807, 2.05) is 0 Å². The van der Waals surface area contributed by atoms with Crippen molar-refractivity contribution in [3.05, 3.63) is 41.4 Å². The van der Waals surface area contributed by atoms with Crippen molar-refractivity contribution < 1.29 is 14.2 Å². The maximum absolute atomic E-state index is 13.6. The summed E-state index contributed by atoms with van der Waals surface area (Å²) in [6.07, 6.45) is 4.88. The van der Waals surface area contributed by atoms with Crippen LogP contribution in [0, 0.1) is 5.82 Å². The Labute approximate surface area is 148 Å². The van der Waals surface area contributed by atoms with Gasteiger partial charge >= 0.3 is 0 Å². The molecule has 25 heavy (non-hydrogen) atoms. The molecule has 1 atom stereocenters. The average molecular weight is 365 g/mol. The normalized spacial score (nSPS) is 17.2. The Balaban J connectivity index is 0.000000219. The third-order valence-corrected chi connectivity index (χ3v) is 4.05. The summed E-state index contributed by atoms with van der Waals surface area (Å²) >= 11 is 6.03. The van der Waals surface area contributed by atoms with Gasteiger partial charge in [0.25, 0.3) is 0 Å². The number of aliphatic hydroxyl groups excluding tert-OH is 1. The summed E-state index contributed by atoms with van der Waals surface area (Å²) in [6.45, 7) is 1.37. The van der Waals surface area contributed by atoms with E-state index in [0.717, 1.165) is 30.4 Å². The lowest BCUT2D eigenvalue weighted by atomic mass is 10.1. The van der Waals surface area contributed by atoms with Crippen molar-refractivity contribution >= 4 is 28.5 Å². The van der Waals surface area contributed by atoms with E-state index in [9.17, 15) is 4.39 Å². The fraction of sp³-hybridized carbons (Fsp3) is 0.294. The third kappa shape index (κ3) is 4.25. The summed E-state index contributed by atoms with van der Waals surface area (Å²) in [6, 6.07) is 4.58. The number of fused-ring (bicyclic) bond motifs is 1. The Morgan fingerprint density at radius 2 is 2.24 bits per heavy atom. The van der Waals surface area contributed by atoms with Crippen molar-refractivity contribution in [1.82, 2.24) is 15.0 Å². The number of H-pyrrole nitrogens is 1. The molecule has 1 aromatic carbocycles. The predicted octanol–water partition coefficient (Wildman–Crippen LogP) is 3.16. The van der Waals surface area contributed by atoms with Crippen molar-refractivity contribution in [1.29, 1.82) is 0 Å². The Morgan fingerprint density at radius 1 is 1.40 bits per heavy atom. The van der Waals surface area contributed by atoms with E-state index in [4.69, 9.17) is 27.2 Å². The Hall–Kier alpha value is -2.22. The first-order chi connectivity index (χ1) is 12.0. The smallest absolute Gasteiger partial charge is 0.220 e. The topological polar surface area (TPSA) is 97.1 Å². The van der Waals surface area contributed by atoms with Gasteiger partial charge in [0.2, 0.25) is 5.95 Å². The number of nitrogens with zero attached hydrogens (tertiary/aromatic N) is 2. The number of hydrogen-bond acceptors (Lipinski definition) is 5. The number of halogens is 2. The van der Waals surface area contributed by atoms with Crippen molar-refractivity contribution in [2.75, 3.05) is 18.9 Å². The van der Waals surface area contributed by atoms with Crippen LogP contribution in [0.5, 0.6) is 0 Å². The van der Waals surface area contributed by atoms with E-state index in [1.54, 1.807) is 12.3 Å². The number of hydrogen-bond donors (Lipinski definition) is 3. The second kappa shape index (κ2) is 7.77. The van der Waals surface area contributed by atoms with Crippen LogP contribution >= 0.6 is 11.6 Å². The molecule has 2 aromatic heterocycles. The summed E-state index contributed by atoms with van der Waals surface area (Å²) in [5.74, 6) is -0.260. The molecule has 0 amide bonds. The molecule has 1 aliphatic rings. The molecule has 0 radical (unpaired) electrons. The van der Waals surface area contributed by atoms with Crippen LogP contribution in [-0.4, -0.2) is 39.4 Å².